The SMILES string of the molecule is O=C(O)C[C@@H]1CO[C@H]2OCC[C@H]12. The fourth-order valence-corrected chi connectivity index (χ4v) is 1.99. The summed E-state index contributed by atoms with van der Waals surface area (Å²) in [5.74, 6) is -0.257. The summed E-state index contributed by atoms with van der Waals surface area (Å²) in [6, 6.07) is 0. The maximum atomic E-state index is 10.4. The van der Waals surface area contributed by atoms with E-state index in [0.717, 1.165) is 6.42 Å². The smallest absolute Gasteiger partial charge is 0.303 e. The van der Waals surface area contributed by atoms with Gasteiger partial charge in [0.2, 0.25) is 0 Å². The van der Waals surface area contributed by atoms with Gasteiger partial charge in [0.05, 0.1) is 19.6 Å². The highest BCUT2D eigenvalue weighted by Gasteiger charge is 2.42. The minimum atomic E-state index is -0.740. The van der Waals surface area contributed by atoms with Crippen LogP contribution >= 0.6 is 0 Å². The predicted octanol–water partition coefficient (Wildman–Crippen LogP) is 0.470. The third kappa shape index (κ3) is 1.32. The molecule has 2 fully saturated rings. The zero-order valence-electron chi connectivity index (χ0n) is 6.73. The van der Waals surface area contributed by atoms with E-state index in [1.54, 1.807) is 0 Å². The molecule has 0 aromatic carbocycles. The number of hydrogen-bond acceptors (Lipinski definition) is 3. The van der Waals surface area contributed by atoms with Crippen LogP contribution < -0.4 is 0 Å². The molecule has 2 rings (SSSR count). The van der Waals surface area contributed by atoms with Crippen molar-refractivity contribution in [3.05, 3.63) is 0 Å². The molecule has 0 bridgehead atoms. The monoisotopic (exact) mass is 172 g/mol. The summed E-state index contributed by atoms with van der Waals surface area (Å²) in [6.07, 6.45) is 1.04. The lowest BCUT2D eigenvalue weighted by molar-refractivity contribution is -0.138. The maximum Gasteiger partial charge on any atom is 0.303 e. The fraction of sp³-hybridized carbons (Fsp3) is 0.875. The first-order valence-electron chi connectivity index (χ1n) is 4.22. The van der Waals surface area contributed by atoms with Crippen LogP contribution in [0, 0.1) is 11.8 Å². The number of rotatable bonds is 2. The van der Waals surface area contributed by atoms with Crippen molar-refractivity contribution in [3.63, 3.8) is 0 Å². The van der Waals surface area contributed by atoms with Gasteiger partial charge in [-0.3, -0.25) is 4.79 Å². The fourth-order valence-electron chi connectivity index (χ4n) is 1.99. The summed E-state index contributed by atoms with van der Waals surface area (Å²) >= 11 is 0. The second-order valence-electron chi connectivity index (χ2n) is 3.38. The Bertz CT molecular complexity index is 191. The van der Waals surface area contributed by atoms with E-state index >= 15 is 0 Å². The van der Waals surface area contributed by atoms with Crippen molar-refractivity contribution < 1.29 is 19.4 Å². The zero-order chi connectivity index (χ0) is 8.55. The summed E-state index contributed by atoms with van der Waals surface area (Å²) in [5.41, 5.74) is 0. The normalized spacial score (nSPS) is 39.8. The Morgan fingerprint density at radius 1 is 1.50 bits per heavy atom. The highest BCUT2D eigenvalue weighted by molar-refractivity contribution is 5.67. The van der Waals surface area contributed by atoms with Crippen LogP contribution in [0.5, 0.6) is 0 Å². The van der Waals surface area contributed by atoms with Crippen LogP contribution in [0.2, 0.25) is 0 Å². The summed E-state index contributed by atoms with van der Waals surface area (Å²) in [5, 5.41) is 8.60. The first-order valence-corrected chi connectivity index (χ1v) is 4.22. The minimum Gasteiger partial charge on any atom is -0.481 e. The molecule has 0 aromatic heterocycles. The third-order valence-electron chi connectivity index (χ3n) is 2.60. The number of carboxylic acid groups (broad SMARTS) is 1. The predicted molar refractivity (Wildman–Crippen MR) is 39.5 cm³/mol. The number of aliphatic carboxylic acids is 1. The van der Waals surface area contributed by atoms with E-state index in [-0.39, 0.29) is 18.6 Å². The number of ether oxygens (including phenoxy) is 2. The van der Waals surface area contributed by atoms with Crippen molar-refractivity contribution in [3.8, 4) is 0 Å². The van der Waals surface area contributed by atoms with E-state index in [1.807, 2.05) is 0 Å². The quantitative estimate of drug-likeness (QED) is 0.657. The number of hydrogen-bond donors (Lipinski definition) is 1. The highest BCUT2D eigenvalue weighted by Crippen LogP contribution is 2.36. The Labute approximate surface area is 70.5 Å². The van der Waals surface area contributed by atoms with Gasteiger partial charge in [0.1, 0.15) is 0 Å². The van der Waals surface area contributed by atoms with Crippen LogP contribution in [-0.2, 0) is 14.3 Å². The molecule has 12 heavy (non-hydrogen) atoms. The molecule has 4 heteroatoms. The van der Waals surface area contributed by atoms with E-state index in [0.29, 0.717) is 19.1 Å². The van der Waals surface area contributed by atoms with Crippen LogP contribution in [0.1, 0.15) is 12.8 Å². The first-order chi connectivity index (χ1) is 5.77. The summed E-state index contributed by atoms with van der Waals surface area (Å²) in [7, 11) is 0. The van der Waals surface area contributed by atoms with Crippen LogP contribution in [0.3, 0.4) is 0 Å². The van der Waals surface area contributed by atoms with Crippen molar-refractivity contribution in [2.75, 3.05) is 13.2 Å². The molecule has 0 spiro atoms. The van der Waals surface area contributed by atoms with Gasteiger partial charge in [-0.2, -0.15) is 0 Å². The maximum absolute atomic E-state index is 10.4. The first kappa shape index (κ1) is 8.01. The Morgan fingerprint density at radius 3 is 3.08 bits per heavy atom. The molecule has 4 nitrogen and oxygen atoms in total. The highest BCUT2D eigenvalue weighted by atomic mass is 16.7. The molecule has 2 heterocycles. The lowest BCUT2D eigenvalue weighted by atomic mass is 9.91. The minimum absolute atomic E-state index is 0.116. The molecule has 3 atom stereocenters. The topological polar surface area (TPSA) is 55.8 Å². The molecule has 0 unspecified atom stereocenters. The number of fused-ring (bicyclic) bond motifs is 1. The van der Waals surface area contributed by atoms with Crippen LogP contribution in [0.25, 0.3) is 0 Å². The Hall–Kier alpha value is -0.610. The lowest BCUT2D eigenvalue weighted by Gasteiger charge is -2.11. The molecule has 0 amide bonds. The molecule has 2 aliphatic heterocycles. The van der Waals surface area contributed by atoms with Crippen molar-refractivity contribution in [1.82, 2.24) is 0 Å². The average molecular weight is 172 g/mol. The Morgan fingerprint density at radius 2 is 2.33 bits per heavy atom. The zero-order valence-corrected chi connectivity index (χ0v) is 6.73. The third-order valence-corrected chi connectivity index (χ3v) is 2.60. The van der Waals surface area contributed by atoms with Gasteiger partial charge in [0.25, 0.3) is 0 Å². The van der Waals surface area contributed by atoms with E-state index in [9.17, 15) is 4.79 Å². The Kier molecular flexibility index (Phi) is 2.02. The number of carbonyl (C=O) groups is 1. The van der Waals surface area contributed by atoms with Crippen LogP contribution in [0.4, 0.5) is 0 Å². The summed E-state index contributed by atoms with van der Waals surface area (Å²) < 4.78 is 10.6. The number of carboxylic acids is 1. The summed E-state index contributed by atoms with van der Waals surface area (Å²) in [4.78, 5) is 10.4. The van der Waals surface area contributed by atoms with Gasteiger partial charge in [-0.25, -0.2) is 0 Å². The molecular weight excluding hydrogens is 160 g/mol. The van der Waals surface area contributed by atoms with Crippen molar-refractivity contribution in [2.24, 2.45) is 11.8 Å². The van der Waals surface area contributed by atoms with E-state index in [4.69, 9.17) is 14.6 Å². The lowest BCUT2D eigenvalue weighted by Crippen LogP contribution is -2.17. The van der Waals surface area contributed by atoms with E-state index in [2.05, 4.69) is 0 Å². The molecule has 0 aromatic rings. The van der Waals surface area contributed by atoms with Gasteiger partial charge >= 0.3 is 5.97 Å². The van der Waals surface area contributed by atoms with Gasteiger partial charge in [0, 0.05) is 11.8 Å². The van der Waals surface area contributed by atoms with Crippen LogP contribution in [-0.4, -0.2) is 30.6 Å². The van der Waals surface area contributed by atoms with Gasteiger partial charge in [-0.15, -0.1) is 0 Å². The molecule has 0 saturated carbocycles. The van der Waals surface area contributed by atoms with Gasteiger partial charge in [0.15, 0.2) is 6.29 Å². The van der Waals surface area contributed by atoms with Gasteiger partial charge in [-0.05, 0) is 6.42 Å². The molecule has 2 saturated heterocycles. The second kappa shape index (κ2) is 3.03. The van der Waals surface area contributed by atoms with Gasteiger partial charge < -0.3 is 14.6 Å². The van der Waals surface area contributed by atoms with Gasteiger partial charge in [-0.1, -0.05) is 0 Å². The molecule has 2 aliphatic rings. The Balaban J connectivity index is 1.95. The molecule has 0 aliphatic carbocycles. The van der Waals surface area contributed by atoms with Crippen molar-refractivity contribution in [1.29, 1.82) is 0 Å². The summed E-state index contributed by atoms with van der Waals surface area (Å²) in [6.45, 7) is 1.26. The molecule has 0 radical (unpaired) electrons. The standard InChI is InChI=1S/C8H12O4/c9-7(10)3-5-4-12-8-6(5)1-2-11-8/h5-6,8H,1-4H2,(H,9,10)/t5-,6-,8-/m1/s1. The largest absolute Gasteiger partial charge is 0.481 e. The molecule has 1 N–H and O–H groups in total. The van der Waals surface area contributed by atoms with E-state index in [1.165, 1.54) is 0 Å². The molecular formula is C8H12O4. The second-order valence-corrected chi connectivity index (χ2v) is 3.38. The molecule has 68 valence electrons. The van der Waals surface area contributed by atoms with Crippen LogP contribution in [0.15, 0.2) is 0 Å². The van der Waals surface area contributed by atoms with Crippen molar-refractivity contribution >= 4 is 5.97 Å². The van der Waals surface area contributed by atoms with Crippen molar-refractivity contribution in [2.45, 2.75) is 19.1 Å². The van der Waals surface area contributed by atoms with E-state index < -0.39 is 5.97 Å². The average Bonchev–Trinajstić information content (AvgIpc) is 2.52.